The summed E-state index contributed by atoms with van der Waals surface area (Å²) in [4.78, 5) is 28.8. The standard InChI is InChI=1S/C21H32N2O2/c1-14-12-15(2)19(17(4)24)16(3)18(14)13-22-8-10-23(11-9-22)20(25)21(5,6)7/h12H,8-11,13H2,1-7H3. The zero-order valence-electron chi connectivity index (χ0n) is 16.8. The second kappa shape index (κ2) is 7.28. The lowest BCUT2D eigenvalue weighted by Crippen LogP contribution is -2.51. The number of hydrogen-bond acceptors (Lipinski definition) is 3. The van der Waals surface area contributed by atoms with Crippen molar-refractivity contribution in [3.63, 3.8) is 0 Å². The predicted octanol–water partition coefficient (Wildman–Crippen LogP) is 3.50. The number of aryl methyl sites for hydroxylation is 2. The Bertz CT molecular complexity index is 678. The van der Waals surface area contributed by atoms with Crippen molar-refractivity contribution in [3.05, 3.63) is 33.9 Å². The van der Waals surface area contributed by atoms with E-state index in [2.05, 4.69) is 24.8 Å². The molecule has 1 aliphatic rings. The van der Waals surface area contributed by atoms with Crippen LogP contribution in [0.1, 0.15) is 60.3 Å². The number of carbonyl (C=O) groups is 2. The number of Topliss-reactive ketones (excluding diaryl/α,β-unsaturated/α-hetero) is 1. The minimum absolute atomic E-state index is 0.136. The monoisotopic (exact) mass is 344 g/mol. The molecule has 1 aromatic carbocycles. The molecule has 0 radical (unpaired) electrons. The molecule has 0 saturated carbocycles. The number of benzene rings is 1. The van der Waals surface area contributed by atoms with Gasteiger partial charge in [0.25, 0.3) is 0 Å². The van der Waals surface area contributed by atoms with Crippen LogP contribution in [-0.4, -0.2) is 47.7 Å². The van der Waals surface area contributed by atoms with Crippen molar-refractivity contribution in [1.29, 1.82) is 0 Å². The summed E-state index contributed by atoms with van der Waals surface area (Å²) < 4.78 is 0. The third-order valence-corrected chi connectivity index (χ3v) is 5.17. The topological polar surface area (TPSA) is 40.6 Å². The Kier molecular flexibility index (Phi) is 5.72. The molecule has 1 saturated heterocycles. The Morgan fingerprint density at radius 2 is 1.56 bits per heavy atom. The molecule has 0 N–H and O–H groups in total. The van der Waals surface area contributed by atoms with E-state index < -0.39 is 0 Å². The molecule has 138 valence electrons. The van der Waals surface area contributed by atoms with Crippen LogP contribution in [0.25, 0.3) is 0 Å². The van der Waals surface area contributed by atoms with Crippen LogP contribution in [0, 0.1) is 26.2 Å². The van der Waals surface area contributed by atoms with Gasteiger partial charge in [0.1, 0.15) is 0 Å². The molecule has 25 heavy (non-hydrogen) atoms. The summed E-state index contributed by atoms with van der Waals surface area (Å²) in [6, 6.07) is 2.12. The van der Waals surface area contributed by atoms with Crippen LogP contribution in [0.3, 0.4) is 0 Å². The van der Waals surface area contributed by atoms with Crippen molar-refractivity contribution in [2.24, 2.45) is 5.41 Å². The zero-order chi connectivity index (χ0) is 18.9. The van der Waals surface area contributed by atoms with Gasteiger partial charge in [-0.2, -0.15) is 0 Å². The van der Waals surface area contributed by atoms with Crippen LogP contribution >= 0.6 is 0 Å². The molecule has 0 spiro atoms. The molecule has 0 aromatic heterocycles. The molecule has 0 bridgehead atoms. The molecule has 1 aromatic rings. The first kappa shape index (κ1) is 19.6. The third kappa shape index (κ3) is 4.30. The minimum Gasteiger partial charge on any atom is -0.340 e. The first-order valence-corrected chi connectivity index (χ1v) is 9.14. The van der Waals surface area contributed by atoms with E-state index in [4.69, 9.17) is 0 Å². The van der Waals surface area contributed by atoms with E-state index >= 15 is 0 Å². The summed E-state index contributed by atoms with van der Waals surface area (Å²) >= 11 is 0. The molecule has 4 nitrogen and oxygen atoms in total. The van der Waals surface area contributed by atoms with Crippen LogP contribution in [0.4, 0.5) is 0 Å². The van der Waals surface area contributed by atoms with Gasteiger partial charge in [-0.15, -0.1) is 0 Å². The van der Waals surface area contributed by atoms with Crippen LogP contribution in [0.15, 0.2) is 6.07 Å². The smallest absolute Gasteiger partial charge is 0.228 e. The van der Waals surface area contributed by atoms with Gasteiger partial charge in [-0.25, -0.2) is 0 Å². The Hall–Kier alpha value is -1.68. The fraction of sp³-hybridized carbons (Fsp3) is 0.619. The SMILES string of the molecule is CC(=O)c1c(C)cc(C)c(CN2CCN(C(=O)C(C)(C)C)CC2)c1C. The second-order valence-electron chi connectivity index (χ2n) is 8.36. The van der Waals surface area contributed by atoms with Crippen LogP contribution in [0.5, 0.6) is 0 Å². The largest absolute Gasteiger partial charge is 0.340 e. The molecule has 1 fully saturated rings. The molecule has 0 aliphatic carbocycles. The van der Waals surface area contributed by atoms with E-state index in [1.165, 1.54) is 11.1 Å². The van der Waals surface area contributed by atoms with Crippen molar-refractivity contribution in [3.8, 4) is 0 Å². The lowest BCUT2D eigenvalue weighted by atomic mass is 9.91. The van der Waals surface area contributed by atoms with E-state index in [-0.39, 0.29) is 17.1 Å². The third-order valence-electron chi connectivity index (χ3n) is 5.17. The maximum atomic E-state index is 12.4. The highest BCUT2D eigenvalue weighted by molar-refractivity contribution is 5.97. The van der Waals surface area contributed by atoms with Gasteiger partial charge in [-0.05, 0) is 49.9 Å². The van der Waals surface area contributed by atoms with Crippen LogP contribution < -0.4 is 0 Å². The predicted molar refractivity (Wildman–Crippen MR) is 102 cm³/mol. The summed E-state index contributed by atoms with van der Waals surface area (Å²) in [5, 5.41) is 0. The van der Waals surface area contributed by atoms with Crippen molar-refractivity contribution >= 4 is 11.7 Å². The van der Waals surface area contributed by atoms with E-state index in [9.17, 15) is 9.59 Å². The highest BCUT2D eigenvalue weighted by Crippen LogP contribution is 2.25. The zero-order valence-corrected chi connectivity index (χ0v) is 16.8. The molecular weight excluding hydrogens is 312 g/mol. The van der Waals surface area contributed by atoms with Crippen LogP contribution in [0.2, 0.25) is 0 Å². The summed E-state index contributed by atoms with van der Waals surface area (Å²) in [5.74, 6) is 0.366. The van der Waals surface area contributed by atoms with Gasteiger partial charge >= 0.3 is 0 Å². The fourth-order valence-corrected chi connectivity index (χ4v) is 3.82. The minimum atomic E-state index is -0.317. The average Bonchev–Trinajstić information content (AvgIpc) is 2.49. The molecule has 1 aliphatic heterocycles. The van der Waals surface area contributed by atoms with Gasteiger partial charge in [-0.3, -0.25) is 14.5 Å². The quantitative estimate of drug-likeness (QED) is 0.788. The summed E-state index contributed by atoms with van der Waals surface area (Å²) in [6.45, 7) is 17.9. The van der Waals surface area contributed by atoms with Gasteiger partial charge in [0.05, 0.1) is 0 Å². The van der Waals surface area contributed by atoms with Gasteiger partial charge < -0.3 is 4.90 Å². The second-order valence-corrected chi connectivity index (χ2v) is 8.36. The van der Waals surface area contributed by atoms with Gasteiger partial charge in [0.15, 0.2) is 5.78 Å². The highest BCUT2D eigenvalue weighted by Gasteiger charge is 2.30. The van der Waals surface area contributed by atoms with E-state index in [1.807, 2.05) is 32.6 Å². The Morgan fingerprint density at radius 3 is 2.04 bits per heavy atom. The van der Waals surface area contributed by atoms with Crippen molar-refractivity contribution in [2.45, 2.75) is 55.0 Å². The Balaban J connectivity index is 2.12. The molecule has 0 atom stereocenters. The summed E-state index contributed by atoms with van der Waals surface area (Å²) in [6.07, 6.45) is 0. The van der Waals surface area contributed by atoms with E-state index in [1.54, 1.807) is 6.92 Å². The highest BCUT2D eigenvalue weighted by atomic mass is 16.2. The molecule has 1 amide bonds. The lowest BCUT2D eigenvalue weighted by molar-refractivity contribution is -0.141. The maximum absolute atomic E-state index is 12.4. The van der Waals surface area contributed by atoms with Gasteiger partial charge in [0.2, 0.25) is 5.91 Å². The van der Waals surface area contributed by atoms with Crippen molar-refractivity contribution < 1.29 is 9.59 Å². The van der Waals surface area contributed by atoms with Crippen LogP contribution in [-0.2, 0) is 11.3 Å². The first-order valence-electron chi connectivity index (χ1n) is 9.14. The first-order chi connectivity index (χ1) is 11.5. The summed E-state index contributed by atoms with van der Waals surface area (Å²) in [5.41, 5.74) is 5.22. The number of piperazine rings is 1. The Morgan fingerprint density at radius 1 is 1.00 bits per heavy atom. The average molecular weight is 344 g/mol. The molecule has 1 heterocycles. The normalized spacial score (nSPS) is 16.2. The van der Waals surface area contributed by atoms with E-state index in [0.717, 1.165) is 49.4 Å². The molecule has 4 heteroatoms. The molecule has 0 unspecified atom stereocenters. The number of nitrogens with zero attached hydrogens (tertiary/aromatic N) is 2. The molecular formula is C21H32N2O2. The van der Waals surface area contributed by atoms with Crippen molar-refractivity contribution in [1.82, 2.24) is 9.80 Å². The maximum Gasteiger partial charge on any atom is 0.228 e. The van der Waals surface area contributed by atoms with Crippen molar-refractivity contribution in [2.75, 3.05) is 26.2 Å². The van der Waals surface area contributed by atoms with E-state index in [0.29, 0.717) is 0 Å². The lowest BCUT2D eigenvalue weighted by Gasteiger charge is -2.38. The van der Waals surface area contributed by atoms with Gasteiger partial charge in [0, 0.05) is 43.7 Å². The summed E-state index contributed by atoms with van der Waals surface area (Å²) in [7, 11) is 0. The number of rotatable bonds is 3. The fourth-order valence-electron chi connectivity index (χ4n) is 3.82. The number of hydrogen-bond donors (Lipinski definition) is 0. The number of carbonyl (C=O) groups excluding carboxylic acids is 2. The van der Waals surface area contributed by atoms with Gasteiger partial charge in [-0.1, -0.05) is 26.8 Å². The number of ketones is 1. The Labute approximate surface area is 152 Å². The molecule has 2 rings (SSSR count). The number of amides is 1.